The SMILES string of the molecule is COCC(C)NC(=O)C1CCN(c2ccccc2[N+](=O)[O-])CC1. The summed E-state index contributed by atoms with van der Waals surface area (Å²) in [5.41, 5.74) is 0.744. The number of benzene rings is 1. The van der Waals surface area contributed by atoms with Gasteiger partial charge in [-0.1, -0.05) is 12.1 Å². The highest BCUT2D eigenvalue weighted by Gasteiger charge is 2.28. The van der Waals surface area contributed by atoms with E-state index in [1.165, 1.54) is 6.07 Å². The third kappa shape index (κ3) is 4.41. The van der Waals surface area contributed by atoms with Crippen molar-refractivity contribution in [2.75, 3.05) is 31.7 Å². The van der Waals surface area contributed by atoms with Gasteiger partial charge in [0.25, 0.3) is 5.69 Å². The molecular formula is C16H23N3O4. The lowest BCUT2D eigenvalue weighted by atomic mass is 9.95. The number of amides is 1. The van der Waals surface area contributed by atoms with Crippen molar-refractivity contribution in [1.29, 1.82) is 0 Å². The standard InChI is InChI=1S/C16H23N3O4/c1-12(11-23-2)17-16(20)13-7-9-18(10-8-13)14-5-3-4-6-15(14)19(21)22/h3-6,12-13H,7-11H2,1-2H3,(H,17,20). The molecule has 1 saturated heterocycles. The van der Waals surface area contributed by atoms with Crippen molar-refractivity contribution in [3.63, 3.8) is 0 Å². The van der Waals surface area contributed by atoms with Crippen molar-refractivity contribution in [2.45, 2.75) is 25.8 Å². The molecule has 7 nitrogen and oxygen atoms in total. The molecule has 1 amide bonds. The van der Waals surface area contributed by atoms with E-state index in [4.69, 9.17) is 4.74 Å². The minimum atomic E-state index is -0.361. The zero-order valence-corrected chi connectivity index (χ0v) is 13.5. The van der Waals surface area contributed by atoms with Crippen LogP contribution in [-0.4, -0.2) is 43.7 Å². The summed E-state index contributed by atoms with van der Waals surface area (Å²) in [5.74, 6) is -0.00918. The topological polar surface area (TPSA) is 84.7 Å². The number of ether oxygens (including phenoxy) is 1. The lowest BCUT2D eigenvalue weighted by Gasteiger charge is -2.33. The summed E-state index contributed by atoms with van der Waals surface area (Å²) in [5, 5.41) is 14.1. The molecule has 1 aromatic rings. The van der Waals surface area contributed by atoms with Crippen LogP contribution in [0, 0.1) is 16.0 Å². The van der Waals surface area contributed by atoms with E-state index in [0.29, 0.717) is 38.2 Å². The molecule has 0 aliphatic carbocycles. The van der Waals surface area contributed by atoms with Crippen molar-refractivity contribution in [2.24, 2.45) is 5.92 Å². The smallest absolute Gasteiger partial charge is 0.292 e. The first kappa shape index (κ1) is 17.2. The number of carbonyl (C=O) groups excluding carboxylic acids is 1. The van der Waals surface area contributed by atoms with Crippen LogP contribution in [0.25, 0.3) is 0 Å². The molecule has 0 aromatic heterocycles. The van der Waals surface area contributed by atoms with Gasteiger partial charge >= 0.3 is 0 Å². The van der Waals surface area contributed by atoms with Gasteiger partial charge in [0.1, 0.15) is 5.69 Å². The number of hydrogen-bond donors (Lipinski definition) is 1. The van der Waals surface area contributed by atoms with Gasteiger partial charge in [-0.15, -0.1) is 0 Å². The Kier molecular flexibility index (Phi) is 5.92. The van der Waals surface area contributed by atoms with Crippen LogP contribution < -0.4 is 10.2 Å². The highest BCUT2D eigenvalue weighted by molar-refractivity contribution is 5.79. The maximum atomic E-state index is 12.2. The molecule has 1 aliphatic rings. The zero-order chi connectivity index (χ0) is 16.8. The zero-order valence-electron chi connectivity index (χ0n) is 13.5. The highest BCUT2D eigenvalue weighted by atomic mass is 16.6. The second kappa shape index (κ2) is 7.92. The predicted molar refractivity (Wildman–Crippen MR) is 87.5 cm³/mol. The van der Waals surface area contributed by atoms with E-state index in [1.807, 2.05) is 11.8 Å². The molecule has 1 fully saturated rings. The average Bonchev–Trinajstić information content (AvgIpc) is 2.55. The van der Waals surface area contributed by atoms with Crippen LogP contribution in [0.5, 0.6) is 0 Å². The monoisotopic (exact) mass is 321 g/mol. The molecule has 1 atom stereocenters. The fourth-order valence-electron chi connectivity index (χ4n) is 2.92. The molecule has 126 valence electrons. The number of hydrogen-bond acceptors (Lipinski definition) is 5. The number of anilines is 1. The largest absolute Gasteiger partial charge is 0.383 e. The first-order valence-electron chi connectivity index (χ1n) is 7.80. The van der Waals surface area contributed by atoms with Crippen LogP contribution in [0.3, 0.4) is 0 Å². The second-order valence-electron chi connectivity index (χ2n) is 5.87. The van der Waals surface area contributed by atoms with E-state index in [2.05, 4.69) is 5.32 Å². The molecule has 7 heteroatoms. The van der Waals surface area contributed by atoms with Gasteiger partial charge in [-0.3, -0.25) is 14.9 Å². The molecule has 1 aromatic carbocycles. The van der Waals surface area contributed by atoms with Gasteiger partial charge in [0.05, 0.1) is 11.5 Å². The summed E-state index contributed by atoms with van der Waals surface area (Å²) in [4.78, 5) is 25.0. The second-order valence-corrected chi connectivity index (χ2v) is 5.87. The number of methoxy groups -OCH3 is 1. The molecule has 23 heavy (non-hydrogen) atoms. The molecule has 0 radical (unpaired) electrons. The minimum Gasteiger partial charge on any atom is -0.383 e. The van der Waals surface area contributed by atoms with E-state index in [9.17, 15) is 14.9 Å². The van der Waals surface area contributed by atoms with Crippen molar-refractivity contribution in [1.82, 2.24) is 5.32 Å². The van der Waals surface area contributed by atoms with Crippen LogP contribution >= 0.6 is 0 Å². The third-order valence-electron chi connectivity index (χ3n) is 4.09. The Morgan fingerprint density at radius 2 is 2.09 bits per heavy atom. The van der Waals surface area contributed by atoms with Crippen LogP contribution in [-0.2, 0) is 9.53 Å². The predicted octanol–water partition coefficient (Wildman–Crippen LogP) is 1.96. The van der Waals surface area contributed by atoms with Crippen LogP contribution in [0.1, 0.15) is 19.8 Å². The average molecular weight is 321 g/mol. The molecule has 1 heterocycles. The number of nitrogens with one attached hydrogen (secondary N) is 1. The van der Waals surface area contributed by atoms with Gasteiger partial charge in [0.15, 0.2) is 0 Å². The van der Waals surface area contributed by atoms with Crippen molar-refractivity contribution in [3.05, 3.63) is 34.4 Å². The van der Waals surface area contributed by atoms with Crippen molar-refractivity contribution < 1.29 is 14.5 Å². The summed E-state index contributed by atoms with van der Waals surface area (Å²) in [6.45, 7) is 3.67. The van der Waals surface area contributed by atoms with Gasteiger partial charge in [0, 0.05) is 38.2 Å². The molecule has 1 aliphatic heterocycles. The number of piperidine rings is 1. The number of para-hydroxylation sites is 2. The lowest BCUT2D eigenvalue weighted by molar-refractivity contribution is -0.384. The Bertz CT molecular complexity index is 556. The summed E-state index contributed by atoms with van der Waals surface area (Å²) in [6.07, 6.45) is 1.38. The number of nitrogens with zero attached hydrogens (tertiary/aromatic N) is 2. The van der Waals surface area contributed by atoms with E-state index >= 15 is 0 Å². The fraction of sp³-hybridized carbons (Fsp3) is 0.562. The van der Waals surface area contributed by atoms with Gasteiger partial charge in [0.2, 0.25) is 5.91 Å². The Labute approximate surface area is 135 Å². The Balaban J connectivity index is 1.94. The maximum Gasteiger partial charge on any atom is 0.292 e. The molecule has 1 N–H and O–H groups in total. The van der Waals surface area contributed by atoms with E-state index in [0.717, 1.165) is 0 Å². The quantitative estimate of drug-likeness (QED) is 0.639. The Hall–Kier alpha value is -2.15. The third-order valence-corrected chi connectivity index (χ3v) is 4.09. The minimum absolute atomic E-state index is 0.0132. The lowest BCUT2D eigenvalue weighted by Crippen LogP contribution is -2.44. The molecular weight excluding hydrogens is 298 g/mol. The first-order valence-corrected chi connectivity index (χ1v) is 7.80. The fourth-order valence-corrected chi connectivity index (χ4v) is 2.92. The summed E-state index contributed by atoms with van der Waals surface area (Å²) in [6, 6.07) is 6.73. The number of carbonyl (C=O) groups is 1. The first-order chi connectivity index (χ1) is 11.0. The van der Waals surface area contributed by atoms with Gasteiger partial charge in [-0.05, 0) is 25.8 Å². The maximum absolute atomic E-state index is 12.2. The number of rotatable bonds is 6. The van der Waals surface area contributed by atoms with Gasteiger partial charge in [-0.2, -0.15) is 0 Å². The van der Waals surface area contributed by atoms with Gasteiger partial charge < -0.3 is 15.0 Å². The Morgan fingerprint density at radius 3 is 2.70 bits per heavy atom. The van der Waals surface area contributed by atoms with Gasteiger partial charge in [-0.25, -0.2) is 0 Å². The molecule has 0 saturated carbocycles. The molecule has 1 unspecified atom stereocenters. The Morgan fingerprint density at radius 1 is 1.43 bits per heavy atom. The van der Waals surface area contributed by atoms with Crippen molar-refractivity contribution in [3.8, 4) is 0 Å². The summed E-state index contributed by atoms with van der Waals surface area (Å²) < 4.78 is 5.02. The summed E-state index contributed by atoms with van der Waals surface area (Å²) >= 11 is 0. The van der Waals surface area contributed by atoms with Crippen LogP contribution in [0.2, 0.25) is 0 Å². The van der Waals surface area contributed by atoms with Crippen LogP contribution in [0.4, 0.5) is 11.4 Å². The van der Waals surface area contributed by atoms with E-state index in [1.54, 1.807) is 25.3 Å². The molecule has 2 rings (SSSR count). The molecule has 0 bridgehead atoms. The normalized spacial score (nSPS) is 16.9. The van der Waals surface area contributed by atoms with E-state index in [-0.39, 0.29) is 28.5 Å². The molecule has 0 spiro atoms. The van der Waals surface area contributed by atoms with Crippen LogP contribution in [0.15, 0.2) is 24.3 Å². The highest BCUT2D eigenvalue weighted by Crippen LogP contribution is 2.31. The van der Waals surface area contributed by atoms with E-state index < -0.39 is 0 Å². The summed E-state index contributed by atoms with van der Waals surface area (Å²) in [7, 11) is 1.61. The van der Waals surface area contributed by atoms with Crippen molar-refractivity contribution >= 4 is 17.3 Å². The number of nitro groups is 1. The number of nitro benzene ring substituents is 1.